The Balaban J connectivity index is 3.34. The van der Waals surface area contributed by atoms with Crippen LogP contribution in [0.4, 0.5) is 0 Å². The Morgan fingerprint density at radius 2 is 0.481 bits per heavy atom. The molecule has 1 atom stereocenters. The number of ether oxygens (including phenoxy) is 2. The Hall–Kier alpha value is -1.36. The Bertz CT molecular complexity index is 1140. The van der Waals surface area contributed by atoms with Gasteiger partial charge in [0.25, 0.3) is 0 Å². The van der Waals surface area contributed by atoms with E-state index in [0.29, 0.717) is 12.8 Å². The minimum Gasteiger partial charge on any atom is -0.462 e. The highest BCUT2D eigenvalue weighted by Crippen LogP contribution is 2.20. The lowest BCUT2D eigenvalue weighted by molar-refractivity contribution is -0.161. The number of hydrogen-bond donors (Lipinski definition) is 1. The quantitative estimate of drug-likeness (QED) is 0.0373. The van der Waals surface area contributed by atoms with Crippen molar-refractivity contribution >= 4 is 11.9 Å². The molecule has 0 aliphatic rings. The maximum absolute atomic E-state index is 12.3. The fourth-order valence-corrected chi connectivity index (χ4v) is 11.4. The number of aliphatic hydroxyl groups is 1. The standard InChI is InChI=1S/C72H140O5/c1-3-5-7-9-11-13-15-17-19-21-23-25-27-28-29-30-31-32-33-34-35-36-37-38-39-40-41-42-43-45-46-48-50-52-54-56-58-60-62-64-66-71(74)76-69-70(68-73)77-72(75)67-65-63-61-59-57-55-53-51-49-47-44-26-24-22-20-18-16-14-12-10-8-6-4-2/h22,24,70,73H,3-21,23,25-69H2,1-2H3/b24-22-. The van der Waals surface area contributed by atoms with Crippen LogP contribution in [0.2, 0.25) is 0 Å². The van der Waals surface area contributed by atoms with Gasteiger partial charge in [-0.15, -0.1) is 0 Å². The van der Waals surface area contributed by atoms with E-state index in [1.54, 1.807) is 0 Å². The summed E-state index contributed by atoms with van der Waals surface area (Å²) < 4.78 is 10.8. The van der Waals surface area contributed by atoms with E-state index in [1.807, 2.05) is 0 Å². The molecule has 1 unspecified atom stereocenters. The Morgan fingerprint density at radius 3 is 0.701 bits per heavy atom. The van der Waals surface area contributed by atoms with Gasteiger partial charge < -0.3 is 14.6 Å². The monoisotopic (exact) mass is 1090 g/mol. The van der Waals surface area contributed by atoms with Crippen molar-refractivity contribution in [1.29, 1.82) is 0 Å². The summed E-state index contributed by atoms with van der Waals surface area (Å²) in [6.07, 6.45) is 88.5. The number of esters is 2. The molecule has 0 aliphatic carbocycles. The molecule has 0 rings (SSSR count). The average molecular weight is 1090 g/mol. The number of allylic oxidation sites excluding steroid dienone is 2. The van der Waals surface area contributed by atoms with E-state index >= 15 is 0 Å². The Morgan fingerprint density at radius 1 is 0.286 bits per heavy atom. The molecule has 0 amide bonds. The van der Waals surface area contributed by atoms with E-state index in [2.05, 4.69) is 26.0 Å². The summed E-state index contributed by atoms with van der Waals surface area (Å²) in [5.74, 6) is -0.565. The molecule has 0 bridgehead atoms. The molecule has 77 heavy (non-hydrogen) atoms. The molecule has 0 saturated heterocycles. The van der Waals surface area contributed by atoms with Crippen molar-refractivity contribution in [1.82, 2.24) is 0 Å². The van der Waals surface area contributed by atoms with Crippen molar-refractivity contribution in [2.75, 3.05) is 13.2 Å². The summed E-state index contributed by atoms with van der Waals surface area (Å²) in [4.78, 5) is 24.6. The normalized spacial score (nSPS) is 12.1. The molecule has 0 saturated carbocycles. The lowest BCUT2D eigenvalue weighted by atomic mass is 10.0. The predicted molar refractivity (Wildman–Crippen MR) is 339 cm³/mol. The van der Waals surface area contributed by atoms with E-state index in [9.17, 15) is 14.7 Å². The van der Waals surface area contributed by atoms with E-state index in [4.69, 9.17) is 9.47 Å². The highest BCUT2D eigenvalue weighted by Gasteiger charge is 2.16. The Labute approximate surface area is 483 Å². The smallest absolute Gasteiger partial charge is 0.306 e. The van der Waals surface area contributed by atoms with Gasteiger partial charge in [0, 0.05) is 12.8 Å². The molecule has 5 nitrogen and oxygen atoms in total. The van der Waals surface area contributed by atoms with Crippen molar-refractivity contribution < 1.29 is 24.2 Å². The molecule has 0 fully saturated rings. The molecule has 0 aromatic carbocycles. The van der Waals surface area contributed by atoms with Gasteiger partial charge in [-0.25, -0.2) is 0 Å². The summed E-state index contributed by atoms with van der Waals surface area (Å²) in [5, 5.41) is 9.69. The number of carbonyl (C=O) groups is 2. The molecule has 0 aromatic rings. The molecule has 0 radical (unpaired) electrons. The fraction of sp³-hybridized carbons (Fsp3) is 0.944. The van der Waals surface area contributed by atoms with Crippen molar-refractivity contribution in [3.63, 3.8) is 0 Å². The van der Waals surface area contributed by atoms with E-state index in [-0.39, 0.29) is 25.2 Å². The van der Waals surface area contributed by atoms with Gasteiger partial charge in [-0.2, -0.15) is 0 Å². The SMILES string of the molecule is CCCCCCCCCC/C=C\CCCCCCCCCCCCCC(=O)OC(CO)COC(=O)CCCCCCCCCCCCCCCCCCCCCCCCCCCCCCCCCCCCCCCCCC. The van der Waals surface area contributed by atoms with Crippen LogP contribution in [0.5, 0.6) is 0 Å². The maximum atomic E-state index is 12.3. The maximum Gasteiger partial charge on any atom is 0.306 e. The first-order chi connectivity index (χ1) is 38.1. The first-order valence-corrected chi connectivity index (χ1v) is 35.7. The molecular weight excluding hydrogens is 945 g/mol. The van der Waals surface area contributed by atoms with Crippen LogP contribution in [-0.2, 0) is 19.1 Å². The third kappa shape index (κ3) is 67.1. The molecule has 5 heteroatoms. The van der Waals surface area contributed by atoms with Gasteiger partial charge in [0.05, 0.1) is 6.61 Å². The molecule has 0 heterocycles. The fourth-order valence-electron chi connectivity index (χ4n) is 11.4. The van der Waals surface area contributed by atoms with Crippen LogP contribution in [0.25, 0.3) is 0 Å². The zero-order valence-electron chi connectivity index (χ0n) is 52.8. The summed E-state index contributed by atoms with van der Waals surface area (Å²) in [7, 11) is 0. The van der Waals surface area contributed by atoms with Crippen molar-refractivity contribution in [3.05, 3.63) is 12.2 Å². The van der Waals surface area contributed by atoms with Gasteiger partial charge in [-0.1, -0.05) is 379 Å². The van der Waals surface area contributed by atoms with Crippen molar-refractivity contribution in [2.24, 2.45) is 0 Å². The average Bonchev–Trinajstić information content (AvgIpc) is 3.43. The number of aliphatic hydroxyl groups excluding tert-OH is 1. The van der Waals surface area contributed by atoms with Gasteiger partial charge >= 0.3 is 11.9 Å². The van der Waals surface area contributed by atoms with Crippen LogP contribution < -0.4 is 0 Å². The van der Waals surface area contributed by atoms with Crippen LogP contribution in [0.1, 0.15) is 418 Å². The summed E-state index contributed by atoms with van der Waals surface area (Å²) in [5.41, 5.74) is 0. The van der Waals surface area contributed by atoms with E-state index < -0.39 is 6.10 Å². The molecule has 0 spiro atoms. The number of carbonyl (C=O) groups excluding carboxylic acids is 2. The van der Waals surface area contributed by atoms with Gasteiger partial charge in [0.2, 0.25) is 0 Å². The highest BCUT2D eigenvalue weighted by atomic mass is 16.6. The summed E-state index contributed by atoms with van der Waals surface area (Å²) >= 11 is 0. The second kappa shape index (κ2) is 68.9. The number of rotatable bonds is 68. The predicted octanol–water partition coefficient (Wildman–Crippen LogP) is 24.6. The molecule has 1 N–H and O–H groups in total. The zero-order chi connectivity index (χ0) is 55.5. The van der Waals surface area contributed by atoms with Gasteiger partial charge in [0.1, 0.15) is 6.61 Å². The Kier molecular flexibility index (Phi) is 67.7. The van der Waals surface area contributed by atoms with Crippen molar-refractivity contribution in [2.45, 2.75) is 424 Å². The van der Waals surface area contributed by atoms with Crippen LogP contribution in [0, 0.1) is 0 Å². The first kappa shape index (κ1) is 75.6. The number of hydrogen-bond acceptors (Lipinski definition) is 5. The molecule has 458 valence electrons. The first-order valence-electron chi connectivity index (χ1n) is 35.7. The third-order valence-corrected chi connectivity index (χ3v) is 16.8. The van der Waals surface area contributed by atoms with E-state index in [0.717, 1.165) is 32.1 Å². The van der Waals surface area contributed by atoms with Crippen molar-refractivity contribution in [3.8, 4) is 0 Å². The van der Waals surface area contributed by atoms with Gasteiger partial charge in [-0.05, 0) is 38.5 Å². The molecular formula is C72H140O5. The van der Waals surface area contributed by atoms with E-state index in [1.165, 1.54) is 360 Å². The minimum absolute atomic E-state index is 0.0583. The molecule has 0 aromatic heterocycles. The van der Waals surface area contributed by atoms with Crippen LogP contribution >= 0.6 is 0 Å². The highest BCUT2D eigenvalue weighted by molar-refractivity contribution is 5.70. The van der Waals surface area contributed by atoms with Gasteiger partial charge in [0.15, 0.2) is 6.10 Å². The lowest BCUT2D eigenvalue weighted by Gasteiger charge is -2.15. The largest absolute Gasteiger partial charge is 0.462 e. The topological polar surface area (TPSA) is 72.8 Å². The van der Waals surface area contributed by atoms with Gasteiger partial charge in [-0.3, -0.25) is 9.59 Å². The second-order valence-corrected chi connectivity index (χ2v) is 24.7. The van der Waals surface area contributed by atoms with Crippen LogP contribution in [0.15, 0.2) is 12.2 Å². The van der Waals surface area contributed by atoms with Crippen LogP contribution in [0.3, 0.4) is 0 Å². The second-order valence-electron chi connectivity index (χ2n) is 24.7. The van der Waals surface area contributed by atoms with Crippen LogP contribution in [-0.4, -0.2) is 36.4 Å². The molecule has 0 aliphatic heterocycles. The summed E-state index contributed by atoms with van der Waals surface area (Å²) in [6.45, 7) is 4.21. The minimum atomic E-state index is -0.769. The third-order valence-electron chi connectivity index (χ3n) is 16.8. The summed E-state index contributed by atoms with van der Waals surface area (Å²) in [6, 6.07) is 0. The lowest BCUT2D eigenvalue weighted by Crippen LogP contribution is -2.28. The zero-order valence-corrected chi connectivity index (χ0v) is 52.8. The number of unbranched alkanes of at least 4 members (excludes halogenated alkanes) is 58.